The van der Waals surface area contributed by atoms with E-state index in [1.165, 1.54) is 0 Å². The molecule has 6 heteroatoms. The van der Waals surface area contributed by atoms with Gasteiger partial charge in [0.15, 0.2) is 11.5 Å². The molecular formula is C15H22BrNO4. The van der Waals surface area contributed by atoms with Gasteiger partial charge in [-0.05, 0) is 33.6 Å². The van der Waals surface area contributed by atoms with Gasteiger partial charge in [-0.2, -0.15) is 0 Å². The van der Waals surface area contributed by atoms with Gasteiger partial charge in [0.05, 0.1) is 37.5 Å². The minimum atomic E-state index is 0.633. The molecule has 1 aliphatic heterocycles. The summed E-state index contributed by atoms with van der Waals surface area (Å²) in [5.74, 6) is 1.62. The van der Waals surface area contributed by atoms with E-state index in [9.17, 15) is 0 Å². The van der Waals surface area contributed by atoms with Crippen molar-refractivity contribution in [2.24, 2.45) is 0 Å². The molecule has 0 bridgehead atoms. The third-order valence-corrected chi connectivity index (χ3v) is 3.64. The molecule has 1 aromatic carbocycles. The summed E-state index contributed by atoms with van der Waals surface area (Å²) in [6.07, 6.45) is 0.910. The van der Waals surface area contributed by atoms with Crippen LogP contribution < -0.4 is 14.8 Å². The van der Waals surface area contributed by atoms with Crippen LogP contribution in [-0.2, 0) is 16.0 Å². The average molecular weight is 360 g/mol. The lowest BCUT2D eigenvalue weighted by Crippen LogP contribution is -2.20. The number of hydrogen-bond acceptors (Lipinski definition) is 5. The number of ether oxygens (including phenoxy) is 4. The molecule has 0 aromatic heterocycles. The van der Waals surface area contributed by atoms with Gasteiger partial charge in [0.2, 0.25) is 0 Å². The summed E-state index contributed by atoms with van der Waals surface area (Å²) in [7, 11) is 1.67. The molecule has 0 spiro atoms. The van der Waals surface area contributed by atoms with Crippen molar-refractivity contribution >= 4 is 15.9 Å². The van der Waals surface area contributed by atoms with Crippen molar-refractivity contribution in [3.8, 4) is 11.5 Å². The first kappa shape index (κ1) is 16.5. The van der Waals surface area contributed by atoms with E-state index in [-0.39, 0.29) is 0 Å². The van der Waals surface area contributed by atoms with Gasteiger partial charge >= 0.3 is 0 Å². The number of rotatable bonds is 8. The molecule has 0 atom stereocenters. The topological polar surface area (TPSA) is 49.0 Å². The lowest BCUT2D eigenvalue weighted by atomic mass is 10.2. The highest BCUT2D eigenvalue weighted by molar-refractivity contribution is 9.10. The van der Waals surface area contributed by atoms with E-state index < -0.39 is 0 Å². The zero-order chi connectivity index (χ0) is 14.9. The average Bonchev–Trinajstić information content (AvgIpc) is 2.72. The Balaban J connectivity index is 1.78. The fraction of sp³-hybridized carbons (Fsp3) is 0.600. The second-order valence-electron chi connectivity index (χ2n) is 4.74. The smallest absolute Gasteiger partial charge is 0.175 e. The predicted molar refractivity (Wildman–Crippen MR) is 84.2 cm³/mol. The minimum absolute atomic E-state index is 0.633. The van der Waals surface area contributed by atoms with E-state index in [0.29, 0.717) is 33.0 Å². The number of fused-ring (bicyclic) bond motifs is 1. The summed E-state index contributed by atoms with van der Waals surface area (Å²) in [4.78, 5) is 0. The van der Waals surface area contributed by atoms with Gasteiger partial charge in [-0.15, -0.1) is 0 Å². The second-order valence-corrected chi connectivity index (χ2v) is 5.59. The Morgan fingerprint density at radius 2 is 2.05 bits per heavy atom. The Morgan fingerprint density at radius 1 is 1.19 bits per heavy atom. The molecule has 5 nitrogen and oxygen atoms in total. The highest BCUT2D eigenvalue weighted by Crippen LogP contribution is 2.38. The quantitative estimate of drug-likeness (QED) is 0.722. The molecule has 0 aliphatic carbocycles. The van der Waals surface area contributed by atoms with Crippen molar-refractivity contribution < 1.29 is 18.9 Å². The summed E-state index contributed by atoms with van der Waals surface area (Å²) in [6.45, 7) is 4.91. The maximum absolute atomic E-state index is 5.72. The van der Waals surface area contributed by atoms with Crippen LogP contribution in [0.3, 0.4) is 0 Å². The van der Waals surface area contributed by atoms with Crippen LogP contribution in [-0.4, -0.2) is 46.7 Å². The normalized spacial score (nSPS) is 14.0. The zero-order valence-corrected chi connectivity index (χ0v) is 13.9. The first-order valence-electron chi connectivity index (χ1n) is 7.16. The molecule has 21 heavy (non-hydrogen) atoms. The molecule has 0 fully saturated rings. The van der Waals surface area contributed by atoms with Crippen molar-refractivity contribution in [3.05, 3.63) is 22.2 Å². The lowest BCUT2D eigenvalue weighted by molar-refractivity contribution is 0.0719. The van der Waals surface area contributed by atoms with Crippen LogP contribution in [0.15, 0.2) is 16.6 Å². The van der Waals surface area contributed by atoms with Gasteiger partial charge in [-0.1, -0.05) is 0 Å². The van der Waals surface area contributed by atoms with Crippen LogP contribution >= 0.6 is 15.9 Å². The van der Waals surface area contributed by atoms with Crippen molar-refractivity contribution in [2.75, 3.05) is 46.7 Å². The molecule has 1 heterocycles. The number of methoxy groups -OCH3 is 1. The maximum Gasteiger partial charge on any atom is 0.175 e. The fourth-order valence-corrected chi connectivity index (χ4v) is 2.61. The van der Waals surface area contributed by atoms with E-state index in [2.05, 4.69) is 27.3 Å². The molecule has 0 saturated carbocycles. The van der Waals surface area contributed by atoms with Crippen LogP contribution in [0.25, 0.3) is 0 Å². The Bertz CT molecular complexity index is 442. The molecule has 1 N–H and O–H groups in total. The van der Waals surface area contributed by atoms with Gasteiger partial charge in [-0.25, -0.2) is 0 Å². The van der Waals surface area contributed by atoms with Crippen molar-refractivity contribution in [2.45, 2.75) is 13.0 Å². The summed E-state index contributed by atoms with van der Waals surface area (Å²) in [5.41, 5.74) is 1.16. The lowest BCUT2D eigenvalue weighted by Gasteiger charge is -2.12. The van der Waals surface area contributed by atoms with E-state index in [0.717, 1.165) is 41.0 Å². The van der Waals surface area contributed by atoms with E-state index in [4.69, 9.17) is 18.9 Å². The van der Waals surface area contributed by atoms with Crippen LogP contribution in [0.4, 0.5) is 0 Å². The summed E-state index contributed by atoms with van der Waals surface area (Å²) >= 11 is 3.55. The Labute approximate surface area is 134 Å². The largest absolute Gasteiger partial charge is 0.490 e. The molecule has 0 unspecified atom stereocenters. The van der Waals surface area contributed by atoms with Gasteiger partial charge in [0, 0.05) is 26.6 Å². The van der Waals surface area contributed by atoms with Crippen LogP contribution in [0.2, 0.25) is 0 Å². The van der Waals surface area contributed by atoms with E-state index in [1.807, 2.05) is 6.07 Å². The summed E-state index contributed by atoms with van der Waals surface area (Å²) < 4.78 is 22.7. The van der Waals surface area contributed by atoms with Gasteiger partial charge in [-0.3, -0.25) is 0 Å². The predicted octanol–water partition coefficient (Wildman–Crippen LogP) is 2.36. The van der Waals surface area contributed by atoms with E-state index in [1.54, 1.807) is 7.11 Å². The van der Waals surface area contributed by atoms with Gasteiger partial charge < -0.3 is 24.3 Å². The molecule has 0 saturated heterocycles. The fourth-order valence-electron chi connectivity index (χ4n) is 2.01. The molecule has 1 aliphatic rings. The van der Waals surface area contributed by atoms with Crippen molar-refractivity contribution in [1.82, 2.24) is 5.32 Å². The number of benzene rings is 1. The van der Waals surface area contributed by atoms with Gasteiger partial charge in [0.1, 0.15) is 0 Å². The number of nitrogens with one attached hydrogen (secondary N) is 1. The molecule has 0 radical (unpaired) electrons. The highest BCUT2D eigenvalue weighted by atomic mass is 79.9. The summed E-state index contributed by atoms with van der Waals surface area (Å²) in [5, 5.41) is 3.35. The number of halogens is 1. The van der Waals surface area contributed by atoms with Crippen LogP contribution in [0.5, 0.6) is 11.5 Å². The summed E-state index contributed by atoms with van der Waals surface area (Å²) in [6, 6.07) is 4.09. The molecular weight excluding hydrogens is 338 g/mol. The zero-order valence-electron chi connectivity index (χ0n) is 12.3. The Morgan fingerprint density at radius 3 is 2.90 bits per heavy atom. The standard InChI is InChI=1S/C15H22BrNO4/c1-18-7-8-19-6-3-17-11-12-9-13(16)15-14(10-12)20-4-2-5-21-15/h9-10,17H,2-8,11H2,1H3. The number of hydrogen-bond donors (Lipinski definition) is 1. The molecule has 2 rings (SSSR count). The van der Waals surface area contributed by atoms with E-state index >= 15 is 0 Å². The van der Waals surface area contributed by atoms with Crippen LogP contribution in [0.1, 0.15) is 12.0 Å². The maximum atomic E-state index is 5.72. The van der Waals surface area contributed by atoms with Crippen molar-refractivity contribution in [3.63, 3.8) is 0 Å². The third kappa shape index (κ3) is 5.47. The minimum Gasteiger partial charge on any atom is -0.490 e. The third-order valence-electron chi connectivity index (χ3n) is 3.05. The molecule has 1 aromatic rings. The van der Waals surface area contributed by atoms with Crippen LogP contribution in [0, 0.1) is 0 Å². The van der Waals surface area contributed by atoms with Gasteiger partial charge in [0.25, 0.3) is 0 Å². The first-order valence-corrected chi connectivity index (χ1v) is 7.96. The monoisotopic (exact) mass is 359 g/mol. The molecule has 118 valence electrons. The first-order chi connectivity index (χ1) is 10.3. The Hall–Kier alpha value is -0.820. The van der Waals surface area contributed by atoms with Crippen molar-refractivity contribution in [1.29, 1.82) is 0 Å². The Kier molecular flexibility index (Phi) is 7.29. The SMILES string of the molecule is COCCOCCNCc1cc(Br)c2c(c1)OCCCO2. The second kappa shape index (κ2) is 9.25. The highest BCUT2D eigenvalue weighted by Gasteiger charge is 2.14. The molecule has 0 amide bonds.